The first-order chi connectivity index (χ1) is 12.8. The molecule has 1 fully saturated rings. The molecule has 0 aliphatic heterocycles. The van der Waals surface area contributed by atoms with Crippen molar-refractivity contribution < 1.29 is 0 Å². The quantitative estimate of drug-likeness (QED) is 0.571. The summed E-state index contributed by atoms with van der Waals surface area (Å²) in [5, 5.41) is 12.4. The van der Waals surface area contributed by atoms with Gasteiger partial charge in [0.2, 0.25) is 0 Å². The third-order valence-electron chi connectivity index (χ3n) is 5.89. The van der Waals surface area contributed by atoms with Crippen molar-refractivity contribution in [3.8, 4) is 17.2 Å². The highest BCUT2D eigenvalue weighted by Gasteiger charge is 2.48. The molecule has 0 spiro atoms. The molecule has 1 aliphatic carbocycles. The summed E-state index contributed by atoms with van der Waals surface area (Å²) in [4.78, 5) is 26.1. The van der Waals surface area contributed by atoms with E-state index in [1.165, 1.54) is 5.57 Å². The van der Waals surface area contributed by atoms with Gasteiger partial charge in [-0.05, 0) is 60.0 Å². The SMILES string of the molecule is C=C(C)C[C@@H]1C[C@H](c2cc(-c3ccc(N=O)cc3)c(C#N)c(=O)[nH]2)C1(C)C. The van der Waals surface area contributed by atoms with Gasteiger partial charge >= 0.3 is 0 Å². The first-order valence-corrected chi connectivity index (χ1v) is 9.03. The Morgan fingerprint density at radius 1 is 1.37 bits per heavy atom. The van der Waals surface area contributed by atoms with Crippen molar-refractivity contribution in [3.63, 3.8) is 0 Å². The van der Waals surface area contributed by atoms with E-state index in [2.05, 4.69) is 30.6 Å². The second kappa shape index (κ2) is 6.96. The molecule has 0 unspecified atom stereocenters. The molecule has 1 saturated carbocycles. The van der Waals surface area contributed by atoms with Crippen LogP contribution in [0.25, 0.3) is 11.1 Å². The number of nitrogens with one attached hydrogen (secondary N) is 1. The number of hydrogen-bond acceptors (Lipinski definition) is 4. The average molecular weight is 361 g/mol. The fourth-order valence-corrected chi connectivity index (χ4v) is 4.12. The zero-order valence-electron chi connectivity index (χ0n) is 15.9. The molecule has 0 saturated heterocycles. The van der Waals surface area contributed by atoms with Gasteiger partial charge in [0.15, 0.2) is 0 Å². The summed E-state index contributed by atoms with van der Waals surface area (Å²) >= 11 is 0. The van der Waals surface area contributed by atoms with E-state index in [9.17, 15) is 15.0 Å². The molecule has 138 valence electrons. The third kappa shape index (κ3) is 3.35. The van der Waals surface area contributed by atoms with Gasteiger partial charge in [-0.3, -0.25) is 4.79 Å². The minimum Gasteiger partial charge on any atom is -0.325 e. The summed E-state index contributed by atoms with van der Waals surface area (Å²) in [7, 11) is 0. The van der Waals surface area contributed by atoms with Gasteiger partial charge in [-0.2, -0.15) is 5.26 Å². The lowest BCUT2D eigenvalue weighted by atomic mass is 9.52. The van der Waals surface area contributed by atoms with E-state index < -0.39 is 0 Å². The molecule has 1 heterocycles. The number of nitriles is 1. The maximum absolute atomic E-state index is 12.5. The Morgan fingerprint density at radius 2 is 2.04 bits per heavy atom. The standard InChI is InChI=1S/C22H23N3O2/c1-13(2)9-15-10-19(22(15,3)4)20-11-17(18(12-23)21(26)24-20)14-5-7-16(25-27)8-6-14/h5-8,11,15,19H,1,9-10H2,2-4H3,(H,24,26)/t15-,19-/m1/s1. The van der Waals surface area contributed by atoms with Crippen molar-refractivity contribution in [2.45, 2.75) is 39.5 Å². The lowest BCUT2D eigenvalue weighted by Gasteiger charge is -2.52. The average Bonchev–Trinajstić information content (AvgIpc) is 2.64. The summed E-state index contributed by atoms with van der Waals surface area (Å²) in [5.41, 5.74) is 3.40. The Bertz CT molecular complexity index is 994. The highest BCUT2D eigenvalue weighted by Crippen LogP contribution is 2.58. The van der Waals surface area contributed by atoms with Crippen LogP contribution in [0.4, 0.5) is 5.69 Å². The summed E-state index contributed by atoms with van der Waals surface area (Å²) in [6, 6.07) is 10.5. The fraction of sp³-hybridized carbons (Fsp3) is 0.364. The van der Waals surface area contributed by atoms with Gasteiger partial charge < -0.3 is 4.98 Å². The number of H-pyrrole nitrogens is 1. The smallest absolute Gasteiger partial charge is 0.266 e. The molecule has 1 aromatic heterocycles. The second-order valence-electron chi connectivity index (χ2n) is 8.06. The topological polar surface area (TPSA) is 86.1 Å². The van der Waals surface area contributed by atoms with Crippen molar-refractivity contribution in [2.24, 2.45) is 16.5 Å². The molecular formula is C22H23N3O2. The molecular weight excluding hydrogens is 338 g/mol. The van der Waals surface area contributed by atoms with Crippen LogP contribution < -0.4 is 5.56 Å². The van der Waals surface area contributed by atoms with Gasteiger partial charge in [0.05, 0.1) is 0 Å². The maximum atomic E-state index is 12.5. The first kappa shape index (κ1) is 18.8. The Morgan fingerprint density at radius 3 is 2.56 bits per heavy atom. The van der Waals surface area contributed by atoms with E-state index in [0.29, 0.717) is 17.2 Å². The van der Waals surface area contributed by atoms with Crippen molar-refractivity contribution in [3.05, 3.63) is 69.0 Å². The minimum atomic E-state index is -0.373. The Labute approximate surface area is 158 Å². The number of pyridine rings is 1. The predicted octanol–water partition coefficient (Wildman–Crippen LogP) is 5.41. The number of hydrogen-bond donors (Lipinski definition) is 1. The predicted molar refractivity (Wildman–Crippen MR) is 107 cm³/mol. The molecule has 0 radical (unpaired) electrons. The highest BCUT2D eigenvalue weighted by molar-refractivity contribution is 5.71. The number of aromatic nitrogens is 1. The van der Waals surface area contributed by atoms with Gasteiger partial charge in [-0.25, -0.2) is 0 Å². The van der Waals surface area contributed by atoms with Gasteiger partial charge in [0.1, 0.15) is 17.3 Å². The van der Waals surface area contributed by atoms with Crippen molar-refractivity contribution in [1.82, 2.24) is 4.98 Å². The van der Waals surface area contributed by atoms with Crippen LogP contribution in [-0.4, -0.2) is 4.98 Å². The molecule has 1 aliphatic rings. The van der Waals surface area contributed by atoms with Gasteiger partial charge in [0.25, 0.3) is 5.56 Å². The maximum Gasteiger partial charge on any atom is 0.266 e. The zero-order valence-corrected chi connectivity index (χ0v) is 15.9. The van der Waals surface area contributed by atoms with E-state index in [-0.39, 0.29) is 22.5 Å². The largest absolute Gasteiger partial charge is 0.325 e. The van der Waals surface area contributed by atoms with Gasteiger partial charge in [-0.1, -0.05) is 31.6 Å². The fourth-order valence-electron chi connectivity index (χ4n) is 4.12. The van der Waals surface area contributed by atoms with E-state index >= 15 is 0 Å². The minimum absolute atomic E-state index is 0.0403. The Kier molecular flexibility index (Phi) is 4.84. The molecule has 3 rings (SSSR count). The van der Waals surface area contributed by atoms with Crippen molar-refractivity contribution >= 4 is 5.69 Å². The molecule has 1 N–H and O–H groups in total. The number of rotatable bonds is 5. The Hall–Kier alpha value is -3.00. The summed E-state index contributed by atoms with van der Waals surface area (Å²) in [5.74, 6) is 0.748. The van der Waals surface area contributed by atoms with Crippen LogP contribution in [0.2, 0.25) is 0 Å². The molecule has 27 heavy (non-hydrogen) atoms. The number of benzene rings is 1. The van der Waals surface area contributed by atoms with E-state index in [4.69, 9.17) is 0 Å². The number of nitroso groups, excluding NO2 is 1. The van der Waals surface area contributed by atoms with Gasteiger partial charge in [0, 0.05) is 17.2 Å². The Balaban J connectivity index is 2.03. The number of aromatic amines is 1. The second-order valence-corrected chi connectivity index (χ2v) is 8.06. The lowest BCUT2D eigenvalue weighted by Crippen LogP contribution is -2.44. The van der Waals surface area contributed by atoms with Crippen LogP contribution in [0.5, 0.6) is 0 Å². The molecule has 0 bridgehead atoms. The van der Waals surface area contributed by atoms with E-state index in [1.54, 1.807) is 24.3 Å². The molecule has 1 aromatic carbocycles. The summed E-state index contributed by atoms with van der Waals surface area (Å²) in [6.45, 7) is 10.5. The summed E-state index contributed by atoms with van der Waals surface area (Å²) in [6.07, 6.45) is 1.96. The van der Waals surface area contributed by atoms with Crippen LogP contribution in [0, 0.1) is 27.6 Å². The van der Waals surface area contributed by atoms with Crippen LogP contribution >= 0.6 is 0 Å². The molecule has 2 aromatic rings. The van der Waals surface area contributed by atoms with Crippen molar-refractivity contribution in [2.75, 3.05) is 0 Å². The van der Waals surface area contributed by atoms with E-state index in [0.717, 1.165) is 24.1 Å². The zero-order chi connectivity index (χ0) is 19.8. The molecule has 5 nitrogen and oxygen atoms in total. The van der Waals surface area contributed by atoms with Crippen LogP contribution in [-0.2, 0) is 0 Å². The van der Waals surface area contributed by atoms with E-state index in [1.807, 2.05) is 19.1 Å². The van der Waals surface area contributed by atoms with Crippen LogP contribution in [0.15, 0.2) is 52.5 Å². The number of allylic oxidation sites excluding steroid dienone is 1. The van der Waals surface area contributed by atoms with Crippen LogP contribution in [0.3, 0.4) is 0 Å². The highest BCUT2D eigenvalue weighted by atomic mass is 16.3. The van der Waals surface area contributed by atoms with Crippen molar-refractivity contribution in [1.29, 1.82) is 5.26 Å². The molecule has 0 amide bonds. The third-order valence-corrected chi connectivity index (χ3v) is 5.89. The van der Waals surface area contributed by atoms with Crippen LogP contribution in [0.1, 0.15) is 50.8 Å². The lowest BCUT2D eigenvalue weighted by molar-refractivity contribution is 0.0312. The summed E-state index contributed by atoms with van der Waals surface area (Å²) < 4.78 is 0. The van der Waals surface area contributed by atoms with Gasteiger partial charge in [-0.15, -0.1) is 11.5 Å². The number of nitrogens with zero attached hydrogens (tertiary/aromatic N) is 2. The monoisotopic (exact) mass is 361 g/mol. The molecule has 2 atom stereocenters. The normalized spacial score (nSPS) is 20.4. The first-order valence-electron chi connectivity index (χ1n) is 9.03. The molecule has 5 heteroatoms.